The lowest BCUT2D eigenvalue weighted by molar-refractivity contribution is 0.282. The molecule has 0 aliphatic carbocycles. The lowest BCUT2D eigenvalue weighted by atomic mass is 9.98. The zero-order valence-corrected chi connectivity index (χ0v) is 13.8. The first-order valence-electron chi connectivity index (χ1n) is 7.38. The Kier molecular flexibility index (Phi) is 5.66. The summed E-state index contributed by atoms with van der Waals surface area (Å²) in [5.41, 5.74) is 0.539. The Morgan fingerprint density at radius 2 is 2.10 bits per heavy atom. The van der Waals surface area contributed by atoms with Gasteiger partial charge in [-0.3, -0.25) is 0 Å². The second kappa shape index (κ2) is 7.09. The summed E-state index contributed by atoms with van der Waals surface area (Å²) >= 11 is 6.01. The van der Waals surface area contributed by atoms with Crippen LogP contribution in [0, 0.1) is 5.92 Å². The van der Waals surface area contributed by atoms with Crippen LogP contribution in [0.2, 0.25) is 5.02 Å². The fourth-order valence-electron chi connectivity index (χ4n) is 2.75. The van der Waals surface area contributed by atoms with E-state index in [1.807, 2.05) is 0 Å². The monoisotopic (exact) mass is 331 g/mol. The number of rotatable bonds is 4. The van der Waals surface area contributed by atoms with E-state index in [1.165, 1.54) is 12.1 Å². The molecule has 0 aromatic heterocycles. The Labute approximate surface area is 131 Å². The van der Waals surface area contributed by atoms with Crippen LogP contribution in [0.4, 0.5) is 0 Å². The largest absolute Gasteiger partial charge is 0.392 e. The molecule has 1 aliphatic heterocycles. The molecule has 1 atom stereocenters. The van der Waals surface area contributed by atoms with Gasteiger partial charge in [0.15, 0.2) is 0 Å². The van der Waals surface area contributed by atoms with Crippen LogP contribution >= 0.6 is 11.6 Å². The smallest absolute Gasteiger partial charge is 0.243 e. The first-order valence-corrected chi connectivity index (χ1v) is 9.20. The zero-order chi connectivity index (χ0) is 15.5. The third kappa shape index (κ3) is 3.77. The zero-order valence-electron chi connectivity index (χ0n) is 12.3. The molecule has 0 spiro atoms. The van der Waals surface area contributed by atoms with Crippen molar-refractivity contribution in [2.75, 3.05) is 13.1 Å². The Balaban J connectivity index is 2.23. The topological polar surface area (TPSA) is 57.6 Å². The maximum absolute atomic E-state index is 12.7. The third-order valence-corrected chi connectivity index (χ3v) is 6.46. The molecular formula is C15H22ClNO3S. The molecule has 1 aromatic carbocycles. The average molecular weight is 332 g/mol. The summed E-state index contributed by atoms with van der Waals surface area (Å²) in [6.07, 6.45) is 4.01. The van der Waals surface area contributed by atoms with Crippen molar-refractivity contribution in [3.8, 4) is 0 Å². The summed E-state index contributed by atoms with van der Waals surface area (Å²) in [7, 11) is -3.50. The van der Waals surface area contributed by atoms with Crippen molar-refractivity contribution in [2.45, 2.75) is 44.1 Å². The predicted molar refractivity (Wildman–Crippen MR) is 83.8 cm³/mol. The Hall–Kier alpha value is -0.620. The molecule has 1 saturated heterocycles. The number of hydrogen-bond acceptors (Lipinski definition) is 3. The minimum Gasteiger partial charge on any atom is -0.392 e. The predicted octanol–water partition coefficient (Wildman–Crippen LogP) is 3.03. The molecule has 1 aliphatic rings. The number of nitrogens with zero attached hydrogens (tertiary/aromatic N) is 1. The average Bonchev–Trinajstić information content (AvgIpc) is 2.72. The molecule has 4 nitrogen and oxygen atoms in total. The van der Waals surface area contributed by atoms with Gasteiger partial charge >= 0.3 is 0 Å². The van der Waals surface area contributed by atoms with Crippen molar-refractivity contribution >= 4 is 21.6 Å². The van der Waals surface area contributed by atoms with Gasteiger partial charge in [0, 0.05) is 18.1 Å². The van der Waals surface area contributed by atoms with Gasteiger partial charge in [0.05, 0.1) is 11.5 Å². The Bertz CT molecular complexity index is 589. The van der Waals surface area contributed by atoms with Crippen molar-refractivity contribution in [1.82, 2.24) is 4.31 Å². The molecule has 21 heavy (non-hydrogen) atoms. The van der Waals surface area contributed by atoms with E-state index in [9.17, 15) is 8.42 Å². The molecule has 1 fully saturated rings. The highest BCUT2D eigenvalue weighted by atomic mass is 35.5. The van der Waals surface area contributed by atoms with Crippen molar-refractivity contribution < 1.29 is 13.5 Å². The first kappa shape index (κ1) is 16.7. The fraction of sp³-hybridized carbons (Fsp3) is 0.600. The van der Waals surface area contributed by atoms with Crippen molar-refractivity contribution in [2.24, 2.45) is 5.92 Å². The number of hydrogen-bond donors (Lipinski definition) is 1. The second-order valence-electron chi connectivity index (χ2n) is 5.52. The van der Waals surface area contributed by atoms with E-state index < -0.39 is 10.0 Å². The van der Waals surface area contributed by atoms with E-state index in [0.717, 1.165) is 25.7 Å². The van der Waals surface area contributed by atoms with Gasteiger partial charge in [-0.15, -0.1) is 0 Å². The van der Waals surface area contributed by atoms with Gasteiger partial charge in [0.1, 0.15) is 0 Å². The van der Waals surface area contributed by atoms with Gasteiger partial charge < -0.3 is 5.11 Å². The van der Waals surface area contributed by atoms with Crippen LogP contribution < -0.4 is 0 Å². The maximum Gasteiger partial charge on any atom is 0.243 e. The number of aliphatic hydroxyl groups is 1. The summed E-state index contributed by atoms with van der Waals surface area (Å²) < 4.78 is 26.9. The molecule has 6 heteroatoms. The summed E-state index contributed by atoms with van der Waals surface area (Å²) in [6, 6.07) is 4.53. The standard InChI is InChI=1S/C15H22ClNO3S/c1-2-12-4-3-8-17(9-7-12)21(19,20)14-6-5-13(11-18)15(16)10-14/h5-6,10,12,18H,2-4,7-9,11H2,1H3. The van der Waals surface area contributed by atoms with E-state index in [0.29, 0.717) is 29.6 Å². The summed E-state index contributed by atoms with van der Waals surface area (Å²) in [5, 5.41) is 9.40. The first-order chi connectivity index (χ1) is 9.98. The molecule has 0 saturated carbocycles. The normalized spacial score (nSPS) is 21.2. The lowest BCUT2D eigenvalue weighted by Crippen LogP contribution is -2.32. The molecule has 0 bridgehead atoms. The van der Waals surface area contributed by atoms with E-state index in [2.05, 4.69) is 6.92 Å². The SMILES string of the molecule is CCC1CCCN(S(=O)(=O)c2ccc(CO)c(Cl)c2)CC1. The quantitative estimate of drug-likeness (QED) is 0.922. The van der Waals surface area contributed by atoms with Crippen molar-refractivity contribution in [1.29, 1.82) is 0 Å². The van der Waals surface area contributed by atoms with Crippen LogP contribution in [0.5, 0.6) is 0 Å². The van der Waals surface area contributed by atoms with E-state index in [-0.39, 0.29) is 11.5 Å². The van der Waals surface area contributed by atoms with Gasteiger partial charge in [-0.25, -0.2) is 8.42 Å². The molecule has 1 heterocycles. The number of halogens is 1. The minimum absolute atomic E-state index is 0.193. The van der Waals surface area contributed by atoms with Gasteiger partial charge in [-0.2, -0.15) is 4.31 Å². The molecule has 0 amide bonds. The Morgan fingerprint density at radius 3 is 2.71 bits per heavy atom. The lowest BCUT2D eigenvalue weighted by Gasteiger charge is -2.20. The van der Waals surface area contributed by atoms with E-state index >= 15 is 0 Å². The molecule has 2 rings (SSSR count). The Morgan fingerprint density at radius 1 is 1.33 bits per heavy atom. The van der Waals surface area contributed by atoms with Crippen LogP contribution in [-0.4, -0.2) is 30.9 Å². The van der Waals surface area contributed by atoms with E-state index in [4.69, 9.17) is 16.7 Å². The number of benzene rings is 1. The van der Waals surface area contributed by atoms with Crippen molar-refractivity contribution in [3.63, 3.8) is 0 Å². The van der Waals surface area contributed by atoms with Crippen LogP contribution in [0.15, 0.2) is 23.1 Å². The maximum atomic E-state index is 12.7. The summed E-state index contributed by atoms with van der Waals surface area (Å²) in [4.78, 5) is 0.208. The molecule has 0 radical (unpaired) electrons. The molecular weight excluding hydrogens is 310 g/mol. The van der Waals surface area contributed by atoms with Crippen LogP contribution in [0.3, 0.4) is 0 Å². The highest BCUT2D eigenvalue weighted by molar-refractivity contribution is 7.89. The number of sulfonamides is 1. The third-order valence-electron chi connectivity index (χ3n) is 4.22. The minimum atomic E-state index is -3.50. The van der Waals surface area contributed by atoms with E-state index in [1.54, 1.807) is 10.4 Å². The summed E-state index contributed by atoms with van der Waals surface area (Å²) in [6.45, 7) is 3.10. The van der Waals surface area contributed by atoms with Gasteiger partial charge in [0.2, 0.25) is 10.0 Å². The van der Waals surface area contributed by atoms with Crippen LogP contribution in [0.1, 0.15) is 38.2 Å². The van der Waals surface area contributed by atoms with Crippen LogP contribution in [-0.2, 0) is 16.6 Å². The van der Waals surface area contributed by atoms with Crippen LogP contribution in [0.25, 0.3) is 0 Å². The highest BCUT2D eigenvalue weighted by Gasteiger charge is 2.27. The van der Waals surface area contributed by atoms with Gasteiger partial charge in [0.25, 0.3) is 0 Å². The van der Waals surface area contributed by atoms with Gasteiger partial charge in [-0.05, 0) is 42.9 Å². The fourth-order valence-corrected chi connectivity index (χ4v) is 4.58. The molecule has 118 valence electrons. The van der Waals surface area contributed by atoms with Gasteiger partial charge in [-0.1, -0.05) is 31.0 Å². The number of aliphatic hydroxyl groups excluding tert-OH is 1. The second-order valence-corrected chi connectivity index (χ2v) is 7.87. The molecule has 1 N–H and O–H groups in total. The highest BCUT2D eigenvalue weighted by Crippen LogP contribution is 2.27. The summed E-state index contributed by atoms with van der Waals surface area (Å²) in [5.74, 6) is 0.616. The van der Waals surface area contributed by atoms with Crippen molar-refractivity contribution in [3.05, 3.63) is 28.8 Å². The molecule has 1 aromatic rings. The molecule has 1 unspecified atom stereocenters.